The van der Waals surface area contributed by atoms with Crippen molar-refractivity contribution in [3.05, 3.63) is 71.4 Å². The van der Waals surface area contributed by atoms with E-state index in [1.807, 2.05) is 6.07 Å². The molecule has 0 spiro atoms. The van der Waals surface area contributed by atoms with Crippen LogP contribution in [0.15, 0.2) is 36.8 Å². The van der Waals surface area contributed by atoms with Gasteiger partial charge in [0.25, 0.3) is 0 Å². The molecule has 0 radical (unpaired) electrons. The first-order valence-corrected chi connectivity index (χ1v) is 9.53. The molecule has 0 amide bonds. The summed E-state index contributed by atoms with van der Waals surface area (Å²) in [4.78, 5) is 8.58. The van der Waals surface area contributed by atoms with E-state index in [1.165, 1.54) is 31.3 Å². The van der Waals surface area contributed by atoms with E-state index < -0.39 is 29.0 Å². The molecule has 168 valence electrons. The van der Waals surface area contributed by atoms with Crippen molar-refractivity contribution in [2.24, 2.45) is 0 Å². The number of ether oxygens (including phenoxy) is 2. The van der Waals surface area contributed by atoms with E-state index in [0.717, 1.165) is 5.56 Å². The smallest absolute Gasteiger partial charge is 0.187 e. The lowest BCUT2D eigenvalue weighted by atomic mass is 10.1. The molecular formula is C21H14F4N6O2. The quantitative estimate of drug-likeness (QED) is 0.296. The molecule has 33 heavy (non-hydrogen) atoms. The number of aromatic nitrogens is 6. The molecule has 3 aromatic heterocycles. The van der Waals surface area contributed by atoms with Crippen LogP contribution in [-0.2, 0) is 6.42 Å². The monoisotopic (exact) mass is 458 g/mol. The summed E-state index contributed by atoms with van der Waals surface area (Å²) in [5.41, 5.74) is 0.0991. The minimum absolute atomic E-state index is 0.0460. The van der Waals surface area contributed by atoms with Crippen LogP contribution in [0.5, 0.6) is 11.5 Å². The predicted molar refractivity (Wildman–Crippen MR) is 108 cm³/mol. The Morgan fingerprint density at radius 3 is 2.33 bits per heavy atom. The lowest BCUT2D eigenvalue weighted by molar-refractivity contribution is 0.354. The van der Waals surface area contributed by atoms with Crippen LogP contribution >= 0.6 is 0 Å². The summed E-state index contributed by atoms with van der Waals surface area (Å²) >= 11 is 0. The molecule has 0 N–H and O–H groups in total. The Hall–Kier alpha value is -4.22. The number of fused-ring (bicyclic) bond motifs is 3. The van der Waals surface area contributed by atoms with Gasteiger partial charge in [-0.05, 0) is 17.7 Å². The van der Waals surface area contributed by atoms with Gasteiger partial charge >= 0.3 is 0 Å². The minimum atomic E-state index is -1.59. The maximum Gasteiger partial charge on any atom is 0.187 e. The third kappa shape index (κ3) is 3.30. The van der Waals surface area contributed by atoms with Crippen molar-refractivity contribution in [3.63, 3.8) is 0 Å². The van der Waals surface area contributed by atoms with Gasteiger partial charge in [-0.25, -0.2) is 36.7 Å². The van der Waals surface area contributed by atoms with Gasteiger partial charge in [0.1, 0.15) is 12.0 Å². The normalized spacial score (nSPS) is 11.5. The zero-order valence-corrected chi connectivity index (χ0v) is 17.2. The third-order valence-corrected chi connectivity index (χ3v) is 5.06. The predicted octanol–water partition coefficient (Wildman–Crippen LogP) is 3.63. The number of halogens is 4. The van der Waals surface area contributed by atoms with Crippen molar-refractivity contribution < 1.29 is 27.0 Å². The van der Waals surface area contributed by atoms with E-state index in [2.05, 4.69) is 20.2 Å². The van der Waals surface area contributed by atoms with Crippen molar-refractivity contribution in [2.45, 2.75) is 6.42 Å². The van der Waals surface area contributed by atoms with E-state index >= 15 is 0 Å². The van der Waals surface area contributed by atoms with Crippen LogP contribution in [0.25, 0.3) is 22.4 Å². The standard InChI is InChI=1S/C21H14F4N6O2/c1-32-14-4-3-10(5-15(14)33-2)6-16-28-21-11-8-27-31(20(11)26-9-30(21)29-16)19-17(24)12(22)7-13(23)18(19)25/h3-5,7-9H,6H2,1-2H3. The van der Waals surface area contributed by atoms with Crippen LogP contribution in [0.2, 0.25) is 0 Å². The molecule has 8 nitrogen and oxygen atoms in total. The number of rotatable bonds is 5. The van der Waals surface area contributed by atoms with E-state index in [0.29, 0.717) is 34.1 Å². The van der Waals surface area contributed by atoms with Crippen LogP contribution in [0.1, 0.15) is 11.4 Å². The summed E-state index contributed by atoms with van der Waals surface area (Å²) in [5.74, 6) is -4.71. The van der Waals surface area contributed by atoms with Crippen LogP contribution in [-0.4, -0.2) is 43.6 Å². The Morgan fingerprint density at radius 1 is 0.909 bits per heavy atom. The molecule has 0 aliphatic rings. The molecule has 5 rings (SSSR count). The Bertz CT molecular complexity index is 1500. The zero-order chi connectivity index (χ0) is 23.3. The molecule has 0 saturated carbocycles. The maximum atomic E-state index is 14.3. The highest BCUT2D eigenvalue weighted by Crippen LogP contribution is 2.29. The molecule has 0 saturated heterocycles. The first kappa shape index (κ1) is 20.7. The Morgan fingerprint density at radius 2 is 1.64 bits per heavy atom. The van der Waals surface area contributed by atoms with E-state index in [9.17, 15) is 17.6 Å². The largest absolute Gasteiger partial charge is 0.493 e. The van der Waals surface area contributed by atoms with Crippen LogP contribution in [0.3, 0.4) is 0 Å². The molecule has 0 bridgehead atoms. The molecule has 0 atom stereocenters. The van der Waals surface area contributed by atoms with E-state index in [1.54, 1.807) is 12.1 Å². The van der Waals surface area contributed by atoms with Gasteiger partial charge in [-0.3, -0.25) is 0 Å². The Balaban J connectivity index is 1.59. The summed E-state index contributed by atoms with van der Waals surface area (Å²) < 4.78 is 68.6. The van der Waals surface area contributed by atoms with Crippen molar-refractivity contribution in [1.82, 2.24) is 29.4 Å². The highest BCUT2D eigenvalue weighted by Gasteiger charge is 2.24. The summed E-state index contributed by atoms with van der Waals surface area (Å²) in [6, 6.07) is 5.52. The Kier molecular flexibility index (Phi) is 4.84. The molecule has 12 heteroatoms. The van der Waals surface area contributed by atoms with Gasteiger partial charge in [-0.1, -0.05) is 6.07 Å². The summed E-state index contributed by atoms with van der Waals surface area (Å²) in [5, 5.41) is 8.54. The first-order valence-electron chi connectivity index (χ1n) is 9.53. The van der Waals surface area contributed by atoms with E-state index in [4.69, 9.17) is 9.47 Å². The fraction of sp³-hybridized carbons (Fsp3) is 0.143. The second kappa shape index (κ2) is 7.73. The SMILES string of the molecule is COc1ccc(Cc2nc3c4cnn(-c5c(F)c(F)cc(F)c5F)c4ncn3n2)cc1OC. The fourth-order valence-corrected chi connectivity index (χ4v) is 3.52. The molecule has 3 heterocycles. The van der Waals surface area contributed by atoms with Crippen molar-refractivity contribution >= 4 is 16.7 Å². The van der Waals surface area contributed by atoms with Crippen molar-refractivity contribution in [1.29, 1.82) is 0 Å². The summed E-state index contributed by atoms with van der Waals surface area (Å²) in [6.07, 6.45) is 2.86. The molecule has 0 aliphatic heterocycles. The van der Waals surface area contributed by atoms with Gasteiger partial charge in [0.2, 0.25) is 0 Å². The second-order valence-corrected chi connectivity index (χ2v) is 7.02. The molecule has 0 unspecified atom stereocenters. The fourth-order valence-electron chi connectivity index (χ4n) is 3.52. The highest BCUT2D eigenvalue weighted by molar-refractivity contribution is 5.89. The average Bonchev–Trinajstić information content (AvgIpc) is 3.41. The van der Waals surface area contributed by atoms with Gasteiger partial charge in [0, 0.05) is 12.5 Å². The highest BCUT2D eigenvalue weighted by atomic mass is 19.2. The van der Waals surface area contributed by atoms with Crippen LogP contribution in [0.4, 0.5) is 17.6 Å². The van der Waals surface area contributed by atoms with Gasteiger partial charge < -0.3 is 9.47 Å². The van der Waals surface area contributed by atoms with Crippen molar-refractivity contribution in [2.75, 3.05) is 14.2 Å². The molecule has 5 aromatic rings. The number of nitrogens with zero attached hydrogens (tertiary/aromatic N) is 6. The van der Waals surface area contributed by atoms with E-state index in [-0.39, 0.29) is 17.1 Å². The number of benzene rings is 2. The van der Waals surface area contributed by atoms with Gasteiger partial charge in [0.15, 0.2) is 51.9 Å². The second-order valence-electron chi connectivity index (χ2n) is 7.02. The average molecular weight is 458 g/mol. The van der Waals surface area contributed by atoms with Gasteiger partial charge in [0.05, 0.1) is 25.8 Å². The lowest BCUT2D eigenvalue weighted by Crippen LogP contribution is -2.08. The molecule has 0 fully saturated rings. The van der Waals surface area contributed by atoms with Gasteiger partial charge in [-0.2, -0.15) is 5.10 Å². The number of hydrogen-bond acceptors (Lipinski definition) is 6. The van der Waals surface area contributed by atoms with Crippen LogP contribution in [0, 0.1) is 23.3 Å². The first-order chi connectivity index (χ1) is 15.9. The van der Waals surface area contributed by atoms with Crippen molar-refractivity contribution in [3.8, 4) is 17.2 Å². The maximum absolute atomic E-state index is 14.3. The Labute approximate surface area is 183 Å². The van der Waals surface area contributed by atoms with Crippen LogP contribution < -0.4 is 9.47 Å². The summed E-state index contributed by atoms with van der Waals surface area (Å²) in [7, 11) is 3.07. The summed E-state index contributed by atoms with van der Waals surface area (Å²) in [6.45, 7) is 0. The molecular weight excluding hydrogens is 444 g/mol. The lowest BCUT2D eigenvalue weighted by Gasteiger charge is -2.08. The number of hydrogen-bond donors (Lipinski definition) is 0. The van der Waals surface area contributed by atoms with Gasteiger partial charge in [-0.15, -0.1) is 5.10 Å². The topological polar surface area (TPSA) is 79.4 Å². The number of methoxy groups -OCH3 is 2. The zero-order valence-electron chi connectivity index (χ0n) is 17.2. The minimum Gasteiger partial charge on any atom is -0.493 e. The molecule has 2 aromatic carbocycles. The molecule has 0 aliphatic carbocycles. The third-order valence-electron chi connectivity index (χ3n) is 5.06.